The van der Waals surface area contributed by atoms with Crippen LogP contribution in [0.2, 0.25) is 18.1 Å². The van der Waals surface area contributed by atoms with E-state index in [0.29, 0.717) is 33.7 Å². The molecule has 126 heavy (non-hydrogen) atoms. The van der Waals surface area contributed by atoms with Gasteiger partial charge in [0.1, 0.15) is 11.4 Å². The minimum atomic E-state index is -3.82. The molecule has 0 atom stereocenters. The highest BCUT2D eigenvalue weighted by Crippen LogP contribution is 2.45. The second-order valence-corrected chi connectivity index (χ2v) is 45.1. The zero-order valence-electron chi connectivity index (χ0n) is 71.9. The number of fused-ring (bicyclic) bond motifs is 4. The van der Waals surface area contributed by atoms with Crippen LogP contribution in [0.3, 0.4) is 0 Å². The van der Waals surface area contributed by atoms with Crippen molar-refractivity contribution in [3.05, 3.63) is 333 Å². The van der Waals surface area contributed by atoms with Crippen molar-refractivity contribution < 1.29 is 34.1 Å². The van der Waals surface area contributed by atoms with Crippen LogP contribution in [0.5, 0.6) is 0 Å². The summed E-state index contributed by atoms with van der Waals surface area (Å²) in [6.07, 6.45) is 19.6. The molecule has 0 fully saturated rings. The van der Waals surface area contributed by atoms with Crippen LogP contribution in [0.1, 0.15) is 20.8 Å². The van der Waals surface area contributed by atoms with Crippen LogP contribution in [-0.2, 0) is 30.1 Å². The topological polar surface area (TPSA) is 213 Å². The lowest BCUT2D eigenvalue weighted by Crippen LogP contribution is -2.45. The van der Waals surface area contributed by atoms with E-state index in [1.165, 1.54) is 34.1 Å². The van der Waals surface area contributed by atoms with E-state index in [0.717, 1.165) is 99.6 Å². The van der Waals surface area contributed by atoms with Gasteiger partial charge in [-0.05, 0) is 189 Å². The lowest BCUT2D eigenvalue weighted by Gasteiger charge is -2.38. The fourth-order valence-corrected chi connectivity index (χ4v) is 22.1. The summed E-state index contributed by atoms with van der Waals surface area (Å²) in [5.74, 6) is 0.582. The summed E-state index contributed by atoms with van der Waals surface area (Å²) >= 11 is 3.15. The Morgan fingerprint density at radius 1 is 0.349 bits per heavy atom. The van der Waals surface area contributed by atoms with Gasteiger partial charge >= 0.3 is 0 Å². The van der Waals surface area contributed by atoms with Gasteiger partial charge in [-0.1, -0.05) is 143 Å². The first-order valence-electron chi connectivity index (χ1n) is 40.7. The van der Waals surface area contributed by atoms with Crippen LogP contribution < -0.4 is 19.6 Å². The highest BCUT2D eigenvalue weighted by molar-refractivity contribution is 7.90. The predicted octanol–water partition coefficient (Wildman–Crippen LogP) is 23.6. The Balaban J connectivity index is 0.000000124. The molecule has 0 saturated heterocycles. The van der Waals surface area contributed by atoms with E-state index < -0.39 is 38.3 Å². The summed E-state index contributed by atoms with van der Waals surface area (Å²) in [6, 6.07) is 78.4. The third-order valence-corrected chi connectivity index (χ3v) is 34.7. The summed E-state index contributed by atoms with van der Waals surface area (Å²) in [4.78, 5) is 28.7. The molecule has 0 radical (unpaired) electrons. The number of hydrogen-bond acceptors (Lipinski definition) is 18. The molecule has 12 aromatic heterocycles. The van der Waals surface area contributed by atoms with Crippen LogP contribution in [0, 0.1) is 0 Å². The lowest BCUT2D eigenvalue weighted by molar-refractivity contribution is 0.568. The molecule has 7 aromatic carbocycles. The van der Waals surface area contributed by atoms with E-state index in [1.54, 1.807) is 169 Å². The number of anilines is 4. The van der Waals surface area contributed by atoms with Crippen LogP contribution >= 0.6 is 22.7 Å². The Bertz CT molecular complexity index is 6850. The van der Waals surface area contributed by atoms with Crippen LogP contribution in [0.15, 0.2) is 357 Å². The Morgan fingerprint density at radius 2 is 0.714 bits per heavy atom. The maximum absolute atomic E-state index is 13.4. The van der Waals surface area contributed by atoms with Crippen LogP contribution in [-0.4, -0.2) is 126 Å². The monoisotopic (exact) mass is 1780 g/mol. The molecule has 19 aromatic rings. The molecule has 0 amide bonds. The second-order valence-electron chi connectivity index (χ2n) is 32.8. The molecule has 20 nitrogen and oxygen atoms in total. The first-order chi connectivity index (χ1) is 60.4. The third-order valence-electron chi connectivity index (χ3n) is 22.9. The Hall–Kier alpha value is -13.5. The van der Waals surface area contributed by atoms with Crippen molar-refractivity contribution in [2.24, 2.45) is 0 Å². The van der Waals surface area contributed by atoms with E-state index in [4.69, 9.17) is 13.8 Å². The number of pyridine rings is 4. The number of thiophene rings is 2. The van der Waals surface area contributed by atoms with Crippen LogP contribution in [0.4, 0.5) is 22.7 Å². The first-order valence-corrected chi connectivity index (χ1v) is 49.7. The SMILES string of the molecule is CN(C)c1ccc(-c2cnc3c(c2)c(-c2ccco2)cn3S(=O)(=O)c2ccccc2)cc1.CN(C)c1ccc(-c2cnc3c(c2)c(-c2cccs2)cn3S(=O)(=O)c2ccccc2)cc1.CN(C)c1ccc(-c2cnc3c(c2)c(-c2ccoc2)cn3[Si](C)(C)C(C)(C)C)cc1.CN(C)c1ccc(-c2cnc3c(c2)c(-c2ccsc2)cn3S(=O)(=O)c2ccccc2)cc1. The van der Waals surface area contributed by atoms with Crippen molar-refractivity contribution in [3.8, 4) is 88.5 Å². The minimum Gasteiger partial charge on any atom is -0.472 e. The smallest absolute Gasteiger partial charge is 0.269 e. The van der Waals surface area contributed by atoms with Gasteiger partial charge in [0.2, 0.25) is 0 Å². The average molecular weight is 1780 g/mol. The summed E-state index contributed by atoms with van der Waals surface area (Å²) in [5.41, 5.74) is 20.5. The molecular weight excluding hydrogens is 1690 g/mol. The van der Waals surface area contributed by atoms with Gasteiger partial charge in [0.25, 0.3) is 30.1 Å². The zero-order chi connectivity index (χ0) is 88.6. The van der Waals surface area contributed by atoms with Gasteiger partial charge in [0.15, 0.2) is 25.2 Å². The quantitative estimate of drug-likeness (QED) is 0.0689. The van der Waals surface area contributed by atoms with Crippen molar-refractivity contribution >= 4 is 128 Å². The van der Waals surface area contributed by atoms with Gasteiger partial charge in [-0.3, -0.25) is 0 Å². The molecule has 12 heterocycles. The summed E-state index contributed by atoms with van der Waals surface area (Å²) in [6.45, 7) is 11.8. The largest absolute Gasteiger partial charge is 0.472 e. The fraction of sp³-hybridized carbons (Fsp3) is 0.140. The molecule has 0 aliphatic rings. The molecule has 0 bridgehead atoms. The number of nitrogens with zero attached hydrogens (tertiary/aromatic N) is 12. The van der Waals surface area contributed by atoms with E-state index in [9.17, 15) is 25.3 Å². The van der Waals surface area contributed by atoms with Gasteiger partial charge in [-0.15, -0.1) is 11.3 Å². The van der Waals surface area contributed by atoms with Crippen molar-refractivity contribution in [1.82, 2.24) is 36.1 Å². The fourth-order valence-electron chi connectivity index (χ4n) is 14.8. The summed E-state index contributed by atoms with van der Waals surface area (Å²) < 4.78 is 97.7. The molecule has 0 saturated carbocycles. The van der Waals surface area contributed by atoms with E-state index >= 15 is 0 Å². The van der Waals surface area contributed by atoms with Gasteiger partial charge < -0.3 is 32.7 Å². The molecule has 26 heteroatoms. The van der Waals surface area contributed by atoms with Gasteiger partial charge in [0.05, 0.1) is 33.5 Å². The van der Waals surface area contributed by atoms with E-state index in [-0.39, 0.29) is 19.7 Å². The Labute approximate surface area is 743 Å². The van der Waals surface area contributed by atoms with Gasteiger partial charge in [-0.2, -0.15) is 11.3 Å². The lowest BCUT2D eigenvalue weighted by atomic mass is 10.0. The second kappa shape index (κ2) is 35.3. The molecule has 0 spiro atoms. The first kappa shape index (κ1) is 86.1. The summed E-state index contributed by atoms with van der Waals surface area (Å²) in [5, 5.41) is 9.69. The average Bonchev–Trinajstić information content (AvgIpc) is 1.61. The highest BCUT2D eigenvalue weighted by Gasteiger charge is 2.40. The summed E-state index contributed by atoms with van der Waals surface area (Å²) in [7, 11) is 2.92. The number of furan rings is 2. The van der Waals surface area contributed by atoms with Gasteiger partial charge in [0, 0.05) is 205 Å². The minimum absolute atomic E-state index is 0.202. The molecule has 0 unspecified atom stereocenters. The van der Waals surface area contributed by atoms with Crippen molar-refractivity contribution in [2.75, 3.05) is 76.0 Å². The maximum atomic E-state index is 13.4. The highest BCUT2D eigenvalue weighted by atomic mass is 32.2. The number of hydrogen-bond donors (Lipinski definition) is 0. The molecule has 636 valence electrons. The third kappa shape index (κ3) is 17.2. The Kier molecular flexibility index (Phi) is 24.1. The standard InChI is InChI=1S/C25H21N3O3S.2C25H21N3O2S2.C25H31N3OSi/c2*1-27(2)20-12-10-18(11-13-20)19-15-22-23(24-9-6-14-31-24)17-28(25(22)26-16-19)32(29,30)21-7-4-3-5-8-21;1-27(2)21-10-8-18(9-11-21)20-14-23-24(19-12-13-31-17-19)16-28(25(23)26-15-20)32(29,30)22-6-4-3-5-7-22;1-25(2,3)30(6,7)28-16-23(19-12-13-29-17-19)22-14-20(15-26-24(22)28)18-8-10-21(11-9-18)27(4)5/h3*3-17H,1-2H3;8-17H,1-7H3. The molecule has 0 N–H and O–H groups in total. The zero-order valence-corrected chi connectivity index (χ0v) is 77.0. The van der Waals surface area contributed by atoms with E-state index in [2.05, 4.69) is 167 Å². The Morgan fingerprint density at radius 3 is 1.06 bits per heavy atom. The normalized spacial score (nSPS) is 11.9. The van der Waals surface area contributed by atoms with Crippen molar-refractivity contribution in [2.45, 2.75) is 53.6 Å². The molecule has 0 aliphatic heterocycles. The van der Waals surface area contributed by atoms with Gasteiger partial charge in [-0.25, -0.2) is 57.1 Å². The van der Waals surface area contributed by atoms with E-state index in [1.807, 2.05) is 149 Å². The molecule has 0 aliphatic carbocycles. The maximum Gasteiger partial charge on any atom is 0.269 e. The number of rotatable bonds is 19. The van der Waals surface area contributed by atoms with Crippen molar-refractivity contribution in [1.29, 1.82) is 0 Å². The van der Waals surface area contributed by atoms with Crippen LogP contribution in [0.25, 0.3) is 133 Å². The van der Waals surface area contributed by atoms with Crippen molar-refractivity contribution in [3.63, 3.8) is 0 Å². The number of aromatic nitrogens is 8. The number of benzene rings is 7. The molecular formula is C100H94N12O8S5Si. The molecule has 19 rings (SSSR count). The predicted molar refractivity (Wildman–Crippen MR) is 520 cm³/mol.